The Labute approximate surface area is 177 Å². The molecule has 2 unspecified atom stereocenters. The van der Waals surface area contributed by atoms with Gasteiger partial charge in [0, 0.05) is 10.4 Å². The van der Waals surface area contributed by atoms with Crippen molar-refractivity contribution in [1.82, 2.24) is 0 Å². The van der Waals surface area contributed by atoms with E-state index in [-0.39, 0.29) is 12.2 Å². The summed E-state index contributed by atoms with van der Waals surface area (Å²) < 4.78 is 14.0. The minimum atomic E-state index is -2.91. The molecule has 29 heavy (non-hydrogen) atoms. The molecule has 1 aliphatic rings. The minimum Gasteiger partial charge on any atom is -0.378 e. The second-order valence-electron chi connectivity index (χ2n) is 8.38. The third kappa shape index (κ3) is 3.92. The maximum Gasteiger partial charge on any atom is 0.409 e. The van der Waals surface area contributed by atoms with Crippen LogP contribution in [0.15, 0.2) is 48.6 Å². The van der Waals surface area contributed by atoms with Crippen molar-refractivity contribution >= 4 is 18.9 Å². The molecule has 1 aliphatic heterocycles. The summed E-state index contributed by atoms with van der Waals surface area (Å²) >= 11 is 0. The Balaban J connectivity index is 2.36. The normalized spacial score (nSPS) is 21.5. The number of benzene rings is 2. The molecule has 2 aromatic rings. The van der Waals surface area contributed by atoms with Crippen LogP contribution >= 0.6 is 0 Å². The van der Waals surface area contributed by atoms with Crippen LogP contribution < -0.4 is 10.4 Å². The quantitative estimate of drug-likeness (QED) is 0.524. The molecule has 0 aliphatic carbocycles. The van der Waals surface area contributed by atoms with E-state index in [1.165, 1.54) is 43.8 Å². The van der Waals surface area contributed by atoms with Crippen LogP contribution in [0.25, 0.3) is 0 Å². The molecule has 2 aromatic carbocycles. The van der Waals surface area contributed by atoms with Gasteiger partial charge in [0.15, 0.2) is 0 Å². The van der Waals surface area contributed by atoms with Gasteiger partial charge in [0.05, 0.1) is 12.2 Å². The first kappa shape index (κ1) is 21.8. The zero-order chi connectivity index (χ0) is 21.3. The van der Waals surface area contributed by atoms with Crippen molar-refractivity contribution in [2.24, 2.45) is 0 Å². The molecule has 3 heteroatoms. The van der Waals surface area contributed by atoms with Gasteiger partial charge in [-0.25, -0.2) is 0 Å². The number of hydrogen-bond acceptors (Lipinski definition) is 2. The molecule has 0 amide bonds. The predicted molar refractivity (Wildman–Crippen MR) is 126 cm³/mol. The highest BCUT2D eigenvalue weighted by Crippen LogP contribution is 2.31. The average Bonchev–Trinajstić information content (AvgIpc) is 2.92. The van der Waals surface area contributed by atoms with Gasteiger partial charge in [-0.15, -0.1) is 0 Å². The van der Waals surface area contributed by atoms with Gasteiger partial charge in [-0.3, -0.25) is 0 Å². The Morgan fingerprint density at radius 3 is 1.21 bits per heavy atom. The summed E-state index contributed by atoms with van der Waals surface area (Å²) in [7, 11) is -2.91. The Hall–Kier alpha value is -1.94. The zero-order valence-corrected chi connectivity index (χ0v) is 20.1. The Morgan fingerprint density at radius 1 is 0.621 bits per heavy atom. The third-order valence-corrected chi connectivity index (χ3v) is 9.81. The highest BCUT2D eigenvalue weighted by Gasteiger charge is 2.55. The number of rotatable bonds is 4. The fourth-order valence-electron chi connectivity index (χ4n) is 4.98. The molecular weight excluding hydrogens is 372 g/mol. The van der Waals surface area contributed by atoms with Crippen molar-refractivity contribution in [2.75, 3.05) is 0 Å². The van der Waals surface area contributed by atoms with Crippen LogP contribution in [0, 0.1) is 41.5 Å². The van der Waals surface area contributed by atoms with Crippen LogP contribution in [0.2, 0.25) is 0 Å². The van der Waals surface area contributed by atoms with E-state index in [9.17, 15) is 0 Å². The van der Waals surface area contributed by atoms with E-state index in [0.717, 1.165) is 0 Å². The summed E-state index contributed by atoms with van der Waals surface area (Å²) in [6.45, 7) is 17.2. The standard InChI is InChI=1S/C26H34O2Si/c1-9-11-23-24(12-10-2)28-29(27-23,25-19(5)13-17(3)14-20(25)6)26-21(7)15-18(4)16-22(26)8/h9-16,23-24H,1-8H3/b11-9+,12-10+. The van der Waals surface area contributed by atoms with Crippen LogP contribution in [0.3, 0.4) is 0 Å². The maximum absolute atomic E-state index is 7.01. The van der Waals surface area contributed by atoms with Gasteiger partial charge in [0.1, 0.15) is 0 Å². The van der Waals surface area contributed by atoms with E-state index in [0.29, 0.717) is 0 Å². The van der Waals surface area contributed by atoms with Gasteiger partial charge in [0.2, 0.25) is 0 Å². The molecular formula is C26H34O2Si. The molecule has 3 rings (SSSR count). The second-order valence-corrected chi connectivity index (χ2v) is 11.1. The summed E-state index contributed by atoms with van der Waals surface area (Å²) in [6, 6.07) is 9.04. The monoisotopic (exact) mass is 406 g/mol. The molecule has 1 fully saturated rings. The molecule has 1 heterocycles. The number of allylic oxidation sites excluding steroid dienone is 2. The van der Waals surface area contributed by atoms with Crippen LogP contribution in [0.4, 0.5) is 0 Å². The maximum atomic E-state index is 7.01. The topological polar surface area (TPSA) is 18.5 Å². The van der Waals surface area contributed by atoms with Crippen molar-refractivity contribution in [3.8, 4) is 0 Å². The van der Waals surface area contributed by atoms with Gasteiger partial charge < -0.3 is 8.85 Å². The van der Waals surface area contributed by atoms with Crippen LogP contribution in [0.1, 0.15) is 47.2 Å². The van der Waals surface area contributed by atoms with Crippen LogP contribution in [-0.4, -0.2) is 20.8 Å². The molecule has 2 nitrogen and oxygen atoms in total. The Bertz CT molecular complexity index is 845. The summed E-state index contributed by atoms with van der Waals surface area (Å²) in [4.78, 5) is 0. The lowest BCUT2D eigenvalue weighted by Crippen LogP contribution is -2.64. The van der Waals surface area contributed by atoms with Gasteiger partial charge in [0.25, 0.3) is 0 Å². The van der Waals surface area contributed by atoms with Gasteiger partial charge in [-0.2, -0.15) is 0 Å². The Morgan fingerprint density at radius 2 is 0.931 bits per heavy atom. The van der Waals surface area contributed by atoms with Gasteiger partial charge >= 0.3 is 8.56 Å². The fourth-order valence-corrected chi connectivity index (χ4v) is 9.32. The van der Waals surface area contributed by atoms with E-state index in [1.807, 2.05) is 13.8 Å². The Kier molecular flexibility index (Phi) is 6.32. The second kappa shape index (κ2) is 8.43. The number of hydrogen-bond donors (Lipinski definition) is 0. The molecule has 0 radical (unpaired) electrons. The van der Waals surface area contributed by atoms with E-state index in [4.69, 9.17) is 8.85 Å². The molecule has 0 aromatic heterocycles. The van der Waals surface area contributed by atoms with Crippen molar-refractivity contribution in [1.29, 1.82) is 0 Å². The van der Waals surface area contributed by atoms with E-state index >= 15 is 0 Å². The van der Waals surface area contributed by atoms with E-state index in [2.05, 4.69) is 90.1 Å². The summed E-state index contributed by atoms with van der Waals surface area (Å²) in [5.41, 5.74) is 7.59. The highest BCUT2D eigenvalue weighted by molar-refractivity contribution is 6.94. The summed E-state index contributed by atoms with van der Waals surface area (Å²) in [5, 5.41) is 2.53. The third-order valence-electron chi connectivity index (χ3n) is 5.70. The average molecular weight is 407 g/mol. The van der Waals surface area contributed by atoms with E-state index < -0.39 is 8.56 Å². The lowest BCUT2D eigenvalue weighted by molar-refractivity contribution is 0.234. The van der Waals surface area contributed by atoms with Crippen LogP contribution in [0.5, 0.6) is 0 Å². The minimum absolute atomic E-state index is 0.0805. The highest BCUT2D eigenvalue weighted by atomic mass is 28.4. The molecule has 0 spiro atoms. The number of aryl methyl sites for hydroxylation is 6. The van der Waals surface area contributed by atoms with Crippen LogP contribution in [-0.2, 0) is 8.85 Å². The van der Waals surface area contributed by atoms with Crippen molar-refractivity contribution in [3.63, 3.8) is 0 Å². The molecule has 0 N–H and O–H groups in total. The van der Waals surface area contributed by atoms with Crippen molar-refractivity contribution < 1.29 is 8.85 Å². The van der Waals surface area contributed by atoms with Crippen molar-refractivity contribution in [3.05, 3.63) is 82.0 Å². The molecule has 154 valence electrons. The molecule has 0 saturated carbocycles. The molecule has 0 bridgehead atoms. The van der Waals surface area contributed by atoms with E-state index in [1.54, 1.807) is 0 Å². The van der Waals surface area contributed by atoms with Gasteiger partial charge in [-0.1, -0.05) is 59.7 Å². The first-order valence-corrected chi connectivity index (χ1v) is 12.3. The zero-order valence-electron chi connectivity index (χ0n) is 19.1. The largest absolute Gasteiger partial charge is 0.409 e. The molecule has 2 atom stereocenters. The SMILES string of the molecule is C/C=C/C1O[Si](c2c(C)cc(C)cc2C)(c2c(C)cc(C)cc2C)OC1/C=C/C. The first-order chi connectivity index (χ1) is 13.7. The molecule has 1 saturated heterocycles. The van der Waals surface area contributed by atoms with Gasteiger partial charge in [-0.05, 0) is 77.6 Å². The predicted octanol–water partition coefficient (Wildman–Crippen LogP) is 5.03. The fraction of sp³-hybridized carbons (Fsp3) is 0.385. The summed E-state index contributed by atoms with van der Waals surface area (Å²) in [6.07, 6.45) is 8.25. The smallest absolute Gasteiger partial charge is 0.378 e. The first-order valence-electron chi connectivity index (χ1n) is 10.5. The van der Waals surface area contributed by atoms with Crippen molar-refractivity contribution in [2.45, 2.75) is 67.6 Å². The lowest BCUT2D eigenvalue weighted by Gasteiger charge is -2.31. The lowest BCUT2D eigenvalue weighted by atomic mass is 10.1. The summed E-state index contributed by atoms with van der Waals surface area (Å²) in [5.74, 6) is 0.